The van der Waals surface area contributed by atoms with Crippen LogP contribution in [0, 0.1) is 13.8 Å². The summed E-state index contributed by atoms with van der Waals surface area (Å²) in [5, 5.41) is 7.28. The number of aryl methyl sites for hydroxylation is 2. The standard InChI is InChI=1S/C17H19N3O2/c1-11-9-12(2)20(19-11)8-7-18-17(22)15-10-16(21)14-6-4-3-5-13(14)15/h3-6,9,15H,7-8,10H2,1-2H3,(H,18,22). The molecule has 1 aromatic carbocycles. The van der Waals surface area contributed by atoms with Gasteiger partial charge in [-0.1, -0.05) is 24.3 Å². The maximum Gasteiger partial charge on any atom is 0.228 e. The number of Topliss-reactive ketones (excluding diaryl/α,β-unsaturated/α-hetero) is 1. The second kappa shape index (κ2) is 5.75. The molecular weight excluding hydrogens is 278 g/mol. The number of amides is 1. The Kier molecular flexibility index (Phi) is 3.79. The van der Waals surface area contributed by atoms with Crippen molar-refractivity contribution in [1.82, 2.24) is 15.1 Å². The average Bonchev–Trinajstić information content (AvgIpc) is 2.99. The summed E-state index contributed by atoms with van der Waals surface area (Å²) < 4.78 is 1.88. The van der Waals surface area contributed by atoms with Gasteiger partial charge in [-0.05, 0) is 25.5 Å². The summed E-state index contributed by atoms with van der Waals surface area (Å²) in [5.74, 6) is -0.390. The second-order valence-corrected chi connectivity index (χ2v) is 5.71. The minimum atomic E-state index is -0.357. The van der Waals surface area contributed by atoms with E-state index in [1.807, 2.05) is 42.8 Å². The van der Waals surface area contributed by atoms with Gasteiger partial charge in [0.2, 0.25) is 5.91 Å². The van der Waals surface area contributed by atoms with Crippen LogP contribution in [-0.2, 0) is 11.3 Å². The van der Waals surface area contributed by atoms with E-state index in [0.717, 1.165) is 17.0 Å². The topological polar surface area (TPSA) is 64.0 Å². The molecule has 1 aliphatic carbocycles. The van der Waals surface area contributed by atoms with E-state index in [2.05, 4.69) is 10.4 Å². The van der Waals surface area contributed by atoms with E-state index in [-0.39, 0.29) is 24.0 Å². The fraction of sp³-hybridized carbons (Fsp3) is 0.353. The number of aromatic nitrogens is 2. The summed E-state index contributed by atoms with van der Waals surface area (Å²) in [4.78, 5) is 24.3. The Morgan fingerprint density at radius 2 is 2.14 bits per heavy atom. The molecule has 114 valence electrons. The van der Waals surface area contributed by atoms with Gasteiger partial charge in [-0.3, -0.25) is 14.3 Å². The summed E-state index contributed by atoms with van der Waals surface area (Å²) in [5.41, 5.74) is 3.57. The van der Waals surface area contributed by atoms with Gasteiger partial charge in [0.05, 0.1) is 18.2 Å². The number of nitrogens with one attached hydrogen (secondary N) is 1. The first-order valence-electron chi connectivity index (χ1n) is 7.47. The Labute approximate surface area is 129 Å². The molecule has 0 saturated heterocycles. The van der Waals surface area contributed by atoms with E-state index in [9.17, 15) is 9.59 Å². The van der Waals surface area contributed by atoms with Gasteiger partial charge in [-0.25, -0.2) is 0 Å². The van der Waals surface area contributed by atoms with Gasteiger partial charge < -0.3 is 5.32 Å². The third-order valence-electron chi connectivity index (χ3n) is 4.07. The number of rotatable bonds is 4. The second-order valence-electron chi connectivity index (χ2n) is 5.71. The smallest absolute Gasteiger partial charge is 0.228 e. The lowest BCUT2D eigenvalue weighted by atomic mass is 10.0. The normalized spacial score (nSPS) is 16.6. The van der Waals surface area contributed by atoms with Gasteiger partial charge in [0.1, 0.15) is 0 Å². The largest absolute Gasteiger partial charge is 0.354 e. The van der Waals surface area contributed by atoms with Crippen molar-refractivity contribution in [2.24, 2.45) is 0 Å². The number of carbonyl (C=O) groups excluding carboxylic acids is 2. The minimum Gasteiger partial charge on any atom is -0.354 e. The lowest BCUT2D eigenvalue weighted by Crippen LogP contribution is -2.31. The van der Waals surface area contributed by atoms with Crippen molar-refractivity contribution in [2.75, 3.05) is 6.54 Å². The monoisotopic (exact) mass is 297 g/mol. The Bertz CT molecular complexity index is 733. The Morgan fingerprint density at radius 1 is 1.36 bits per heavy atom. The first-order valence-corrected chi connectivity index (χ1v) is 7.47. The summed E-state index contributed by atoms with van der Waals surface area (Å²) in [6, 6.07) is 9.37. The summed E-state index contributed by atoms with van der Waals surface area (Å²) >= 11 is 0. The number of fused-ring (bicyclic) bond motifs is 1. The van der Waals surface area contributed by atoms with Crippen LogP contribution in [0.15, 0.2) is 30.3 Å². The number of benzene rings is 1. The quantitative estimate of drug-likeness (QED) is 0.938. The molecule has 0 bridgehead atoms. The molecule has 1 aliphatic rings. The van der Waals surface area contributed by atoms with Crippen LogP contribution in [0.3, 0.4) is 0 Å². The molecule has 1 unspecified atom stereocenters. The zero-order valence-electron chi connectivity index (χ0n) is 12.8. The van der Waals surface area contributed by atoms with Gasteiger partial charge in [0.15, 0.2) is 5.78 Å². The van der Waals surface area contributed by atoms with Gasteiger partial charge in [-0.15, -0.1) is 0 Å². The van der Waals surface area contributed by atoms with Crippen LogP contribution in [0.5, 0.6) is 0 Å². The van der Waals surface area contributed by atoms with Crippen molar-refractivity contribution in [3.05, 3.63) is 52.8 Å². The van der Waals surface area contributed by atoms with Gasteiger partial charge in [-0.2, -0.15) is 5.10 Å². The zero-order valence-corrected chi connectivity index (χ0v) is 12.8. The molecule has 3 rings (SSSR count). The molecule has 1 N–H and O–H groups in total. The molecule has 1 aromatic heterocycles. The highest BCUT2D eigenvalue weighted by molar-refractivity contribution is 6.06. The molecule has 0 aliphatic heterocycles. The summed E-state index contributed by atoms with van der Waals surface area (Å²) in [6.45, 7) is 5.08. The molecule has 1 amide bonds. The van der Waals surface area contributed by atoms with Crippen molar-refractivity contribution in [2.45, 2.75) is 32.7 Å². The molecule has 22 heavy (non-hydrogen) atoms. The van der Waals surface area contributed by atoms with Crippen molar-refractivity contribution >= 4 is 11.7 Å². The van der Waals surface area contributed by atoms with Crippen molar-refractivity contribution < 1.29 is 9.59 Å². The van der Waals surface area contributed by atoms with Crippen LogP contribution in [0.2, 0.25) is 0 Å². The number of hydrogen-bond acceptors (Lipinski definition) is 3. The van der Waals surface area contributed by atoms with Crippen molar-refractivity contribution in [3.63, 3.8) is 0 Å². The predicted octanol–water partition coefficient (Wildman–Crippen LogP) is 1.99. The molecular formula is C17H19N3O2. The third-order valence-corrected chi connectivity index (χ3v) is 4.07. The van der Waals surface area contributed by atoms with Gasteiger partial charge in [0.25, 0.3) is 0 Å². The first-order chi connectivity index (χ1) is 10.6. The highest BCUT2D eigenvalue weighted by atomic mass is 16.2. The molecule has 0 fully saturated rings. The molecule has 1 atom stereocenters. The molecule has 1 heterocycles. The van der Waals surface area contributed by atoms with E-state index in [1.54, 1.807) is 6.07 Å². The summed E-state index contributed by atoms with van der Waals surface area (Å²) in [6.07, 6.45) is 0.269. The van der Waals surface area contributed by atoms with Gasteiger partial charge in [0, 0.05) is 24.2 Å². The molecule has 0 saturated carbocycles. The molecule has 0 spiro atoms. The van der Waals surface area contributed by atoms with Crippen molar-refractivity contribution in [3.8, 4) is 0 Å². The molecule has 2 aromatic rings. The number of hydrogen-bond donors (Lipinski definition) is 1. The number of ketones is 1. The zero-order chi connectivity index (χ0) is 15.7. The fourth-order valence-corrected chi connectivity index (χ4v) is 3.00. The predicted molar refractivity (Wildman–Crippen MR) is 82.8 cm³/mol. The SMILES string of the molecule is Cc1cc(C)n(CCNC(=O)C2CC(=O)c3ccccc32)n1. The van der Waals surface area contributed by atoms with Crippen LogP contribution in [0.4, 0.5) is 0 Å². The first kappa shape index (κ1) is 14.5. The van der Waals surface area contributed by atoms with E-state index in [0.29, 0.717) is 18.7 Å². The van der Waals surface area contributed by atoms with E-state index in [1.165, 1.54) is 0 Å². The maximum atomic E-state index is 12.3. The lowest BCUT2D eigenvalue weighted by Gasteiger charge is -2.12. The number of carbonyl (C=O) groups is 2. The average molecular weight is 297 g/mol. The Balaban J connectivity index is 1.62. The van der Waals surface area contributed by atoms with Crippen LogP contribution >= 0.6 is 0 Å². The highest BCUT2D eigenvalue weighted by Crippen LogP contribution is 2.32. The van der Waals surface area contributed by atoms with E-state index >= 15 is 0 Å². The van der Waals surface area contributed by atoms with Gasteiger partial charge >= 0.3 is 0 Å². The van der Waals surface area contributed by atoms with Crippen LogP contribution in [-0.4, -0.2) is 28.0 Å². The Morgan fingerprint density at radius 3 is 2.86 bits per heavy atom. The fourth-order valence-electron chi connectivity index (χ4n) is 3.00. The maximum absolute atomic E-state index is 12.3. The van der Waals surface area contributed by atoms with Crippen molar-refractivity contribution in [1.29, 1.82) is 0 Å². The van der Waals surface area contributed by atoms with E-state index < -0.39 is 0 Å². The highest BCUT2D eigenvalue weighted by Gasteiger charge is 2.33. The van der Waals surface area contributed by atoms with Crippen LogP contribution < -0.4 is 5.32 Å². The van der Waals surface area contributed by atoms with E-state index in [4.69, 9.17) is 0 Å². The molecule has 5 nitrogen and oxygen atoms in total. The molecule has 0 radical (unpaired) electrons. The van der Waals surface area contributed by atoms with Crippen LogP contribution in [0.1, 0.15) is 39.6 Å². The Hall–Kier alpha value is -2.43. The summed E-state index contributed by atoms with van der Waals surface area (Å²) in [7, 11) is 0. The third kappa shape index (κ3) is 2.66. The van der Waals surface area contributed by atoms with Crippen LogP contribution in [0.25, 0.3) is 0 Å². The minimum absolute atomic E-state index is 0.0503. The lowest BCUT2D eigenvalue weighted by molar-refractivity contribution is -0.122. The molecule has 5 heteroatoms. The number of nitrogens with zero attached hydrogens (tertiary/aromatic N) is 2.